The van der Waals surface area contributed by atoms with E-state index in [9.17, 15) is 9.59 Å². The smallest absolute Gasteiger partial charge is 0.302 e. The Kier molecular flexibility index (Phi) is 5.81. The third-order valence-corrected chi connectivity index (χ3v) is 5.34. The van der Waals surface area contributed by atoms with Gasteiger partial charge in [-0.2, -0.15) is 0 Å². The molecule has 0 radical (unpaired) electrons. The standard InChI is InChI=1S/C17H21BrO5/c1-13(19)22-11-16(9-17(16,18)12-23-14(2)20)10-21-8-15-6-4-3-5-7-15/h3-7H,8-12H2,1-2H3. The fourth-order valence-electron chi connectivity index (χ4n) is 2.49. The summed E-state index contributed by atoms with van der Waals surface area (Å²) in [6.07, 6.45) is 0.718. The van der Waals surface area contributed by atoms with Gasteiger partial charge in [-0.05, 0) is 12.0 Å². The van der Waals surface area contributed by atoms with Crippen molar-refractivity contribution >= 4 is 27.9 Å². The molecule has 0 aromatic heterocycles. The molecule has 0 N–H and O–H groups in total. The van der Waals surface area contributed by atoms with Crippen LogP contribution in [0.2, 0.25) is 0 Å². The minimum Gasteiger partial charge on any atom is -0.465 e. The molecule has 6 heteroatoms. The number of esters is 2. The number of hydrogen-bond acceptors (Lipinski definition) is 5. The zero-order valence-corrected chi connectivity index (χ0v) is 14.9. The van der Waals surface area contributed by atoms with Crippen molar-refractivity contribution in [1.29, 1.82) is 0 Å². The minimum atomic E-state index is -0.405. The van der Waals surface area contributed by atoms with Gasteiger partial charge in [-0.15, -0.1) is 0 Å². The van der Waals surface area contributed by atoms with Gasteiger partial charge < -0.3 is 14.2 Å². The van der Waals surface area contributed by atoms with Crippen LogP contribution >= 0.6 is 15.9 Å². The van der Waals surface area contributed by atoms with Gasteiger partial charge in [-0.1, -0.05) is 46.3 Å². The number of ether oxygens (including phenoxy) is 3. The number of carbonyl (C=O) groups is 2. The Labute approximate surface area is 144 Å². The Hall–Kier alpha value is -1.40. The van der Waals surface area contributed by atoms with Crippen LogP contribution in [0.25, 0.3) is 0 Å². The van der Waals surface area contributed by atoms with Crippen LogP contribution in [0.3, 0.4) is 0 Å². The lowest BCUT2D eigenvalue weighted by molar-refractivity contribution is -0.145. The van der Waals surface area contributed by atoms with E-state index >= 15 is 0 Å². The van der Waals surface area contributed by atoms with Crippen molar-refractivity contribution in [2.75, 3.05) is 19.8 Å². The highest BCUT2D eigenvalue weighted by Crippen LogP contribution is 2.62. The third kappa shape index (κ3) is 4.78. The first-order chi connectivity index (χ1) is 10.9. The highest BCUT2D eigenvalue weighted by atomic mass is 79.9. The molecule has 1 aromatic carbocycles. The average Bonchev–Trinajstić information content (AvgIpc) is 3.10. The minimum absolute atomic E-state index is 0.234. The van der Waals surface area contributed by atoms with Gasteiger partial charge in [0.2, 0.25) is 0 Å². The third-order valence-electron chi connectivity index (χ3n) is 3.99. The van der Waals surface area contributed by atoms with Crippen molar-refractivity contribution in [3.63, 3.8) is 0 Å². The summed E-state index contributed by atoms with van der Waals surface area (Å²) in [6, 6.07) is 9.85. The number of hydrogen-bond donors (Lipinski definition) is 0. The molecule has 0 amide bonds. The van der Waals surface area contributed by atoms with Gasteiger partial charge >= 0.3 is 11.9 Å². The van der Waals surface area contributed by atoms with Gasteiger partial charge in [0.05, 0.1) is 17.5 Å². The van der Waals surface area contributed by atoms with Crippen LogP contribution in [-0.4, -0.2) is 36.1 Å². The maximum Gasteiger partial charge on any atom is 0.302 e. The van der Waals surface area contributed by atoms with Crippen molar-refractivity contribution in [3.05, 3.63) is 35.9 Å². The predicted octanol–water partition coefficient (Wildman–Crippen LogP) is 2.85. The van der Waals surface area contributed by atoms with Crippen LogP contribution < -0.4 is 0 Å². The first kappa shape index (κ1) is 17.9. The maximum absolute atomic E-state index is 11.1. The number of carbonyl (C=O) groups excluding carboxylic acids is 2. The monoisotopic (exact) mass is 384 g/mol. The second-order valence-electron chi connectivity index (χ2n) is 5.96. The highest BCUT2D eigenvalue weighted by Gasteiger charge is 2.67. The van der Waals surface area contributed by atoms with Crippen LogP contribution in [-0.2, 0) is 30.4 Å². The Morgan fingerprint density at radius 2 is 1.65 bits per heavy atom. The van der Waals surface area contributed by atoms with E-state index < -0.39 is 4.32 Å². The van der Waals surface area contributed by atoms with Gasteiger partial charge in [0.25, 0.3) is 0 Å². The molecular formula is C17H21BrO5. The molecule has 0 aliphatic heterocycles. The van der Waals surface area contributed by atoms with Gasteiger partial charge in [0, 0.05) is 19.3 Å². The fourth-order valence-corrected chi connectivity index (χ4v) is 3.37. The van der Waals surface area contributed by atoms with E-state index in [1.807, 2.05) is 30.3 Å². The topological polar surface area (TPSA) is 61.8 Å². The quantitative estimate of drug-likeness (QED) is 0.509. The maximum atomic E-state index is 11.1. The molecule has 1 saturated carbocycles. The van der Waals surface area contributed by atoms with Gasteiger partial charge in [-0.25, -0.2) is 0 Å². The molecule has 0 bridgehead atoms. The summed E-state index contributed by atoms with van der Waals surface area (Å²) in [5, 5.41) is 0. The summed E-state index contributed by atoms with van der Waals surface area (Å²) in [6.45, 7) is 4.13. The average molecular weight is 385 g/mol. The zero-order chi connectivity index (χ0) is 16.9. The first-order valence-corrected chi connectivity index (χ1v) is 8.24. The van der Waals surface area contributed by atoms with Crippen molar-refractivity contribution in [1.82, 2.24) is 0 Å². The largest absolute Gasteiger partial charge is 0.465 e. The van der Waals surface area contributed by atoms with Crippen LogP contribution in [0.4, 0.5) is 0 Å². The predicted molar refractivity (Wildman–Crippen MR) is 88.1 cm³/mol. The summed E-state index contributed by atoms with van der Waals surface area (Å²) < 4.78 is 15.7. The molecule has 126 valence electrons. The first-order valence-electron chi connectivity index (χ1n) is 7.44. The lowest BCUT2D eigenvalue weighted by Crippen LogP contribution is -2.30. The molecular weight excluding hydrogens is 364 g/mol. The van der Waals surface area contributed by atoms with Crippen LogP contribution in [0.5, 0.6) is 0 Å². The second-order valence-corrected chi connectivity index (χ2v) is 7.48. The van der Waals surface area contributed by atoms with Crippen molar-refractivity contribution in [3.8, 4) is 0 Å². The van der Waals surface area contributed by atoms with E-state index in [1.54, 1.807) is 0 Å². The number of halogens is 1. The summed E-state index contributed by atoms with van der Waals surface area (Å²) >= 11 is 3.63. The lowest BCUT2D eigenvalue weighted by Gasteiger charge is -2.21. The van der Waals surface area contributed by atoms with Gasteiger partial charge in [0.1, 0.15) is 13.2 Å². The lowest BCUT2D eigenvalue weighted by atomic mass is 10.1. The Bertz CT molecular complexity index is 561. The summed E-state index contributed by atoms with van der Waals surface area (Å²) in [5.74, 6) is -0.663. The number of benzene rings is 1. The molecule has 0 spiro atoms. The van der Waals surface area contributed by atoms with Crippen molar-refractivity contribution in [2.24, 2.45) is 5.41 Å². The second kappa shape index (κ2) is 7.45. The van der Waals surface area contributed by atoms with E-state index in [0.717, 1.165) is 12.0 Å². The van der Waals surface area contributed by atoms with E-state index in [0.29, 0.717) is 13.2 Å². The molecule has 1 aliphatic carbocycles. The molecule has 1 fully saturated rings. The summed E-state index contributed by atoms with van der Waals surface area (Å²) in [4.78, 5) is 22.2. The number of alkyl halides is 1. The fraction of sp³-hybridized carbons (Fsp3) is 0.529. The molecule has 5 nitrogen and oxygen atoms in total. The van der Waals surface area contributed by atoms with E-state index in [-0.39, 0.29) is 30.6 Å². The molecule has 23 heavy (non-hydrogen) atoms. The van der Waals surface area contributed by atoms with Crippen LogP contribution in [0, 0.1) is 5.41 Å². The molecule has 0 saturated heterocycles. The SMILES string of the molecule is CC(=O)OCC1(Br)CC1(COCc1ccccc1)COC(C)=O. The normalized spacial score (nSPS) is 25.7. The molecule has 0 heterocycles. The Morgan fingerprint density at radius 3 is 2.26 bits per heavy atom. The highest BCUT2D eigenvalue weighted by molar-refractivity contribution is 9.10. The number of rotatable bonds is 8. The molecule has 2 unspecified atom stereocenters. The van der Waals surface area contributed by atoms with Gasteiger partial charge in [0.15, 0.2) is 0 Å². The zero-order valence-electron chi connectivity index (χ0n) is 13.3. The van der Waals surface area contributed by atoms with E-state index in [1.165, 1.54) is 13.8 Å². The molecule has 2 atom stereocenters. The molecule has 2 rings (SSSR count). The van der Waals surface area contributed by atoms with Crippen molar-refractivity contribution < 1.29 is 23.8 Å². The van der Waals surface area contributed by atoms with Crippen LogP contribution in [0.15, 0.2) is 30.3 Å². The summed E-state index contributed by atoms with van der Waals surface area (Å²) in [5.41, 5.74) is 0.707. The van der Waals surface area contributed by atoms with Gasteiger partial charge in [-0.3, -0.25) is 9.59 Å². The Balaban J connectivity index is 1.92. The van der Waals surface area contributed by atoms with E-state index in [2.05, 4.69) is 15.9 Å². The van der Waals surface area contributed by atoms with Crippen LogP contribution in [0.1, 0.15) is 25.8 Å². The van der Waals surface area contributed by atoms with Crippen molar-refractivity contribution in [2.45, 2.75) is 31.2 Å². The summed E-state index contributed by atoms with van der Waals surface area (Å²) in [7, 11) is 0. The Morgan fingerprint density at radius 1 is 1.04 bits per heavy atom. The molecule has 1 aromatic rings. The molecule has 1 aliphatic rings. The van der Waals surface area contributed by atoms with E-state index in [4.69, 9.17) is 14.2 Å².